The Balaban J connectivity index is 1.37. The van der Waals surface area contributed by atoms with E-state index in [0.29, 0.717) is 30.1 Å². The summed E-state index contributed by atoms with van der Waals surface area (Å²) in [5, 5.41) is 5.02. The second kappa shape index (κ2) is 11.5. The van der Waals surface area contributed by atoms with Gasteiger partial charge in [0.05, 0.1) is 11.9 Å². The molecule has 3 aromatic rings. The van der Waals surface area contributed by atoms with Crippen LogP contribution in [0.3, 0.4) is 0 Å². The molecule has 5 rings (SSSR count). The number of benzene rings is 1. The van der Waals surface area contributed by atoms with Crippen molar-refractivity contribution in [3.63, 3.8) is 0 Å². The summed E-state index contributed by atoms with van der Waals surface area (Å²) in [6, 6.07) is 8.44. The summed E-state index contributed by atoms with van der Waals surface area (Å²) in [4.78, 5) is 17.5. The fraction of sp³-hybridized carbons (Fsp3) is 0.407. The Kier molecular flexibility index (Phi) is 4.97. The minimum atomic E-state index is -3.34. The average molecular weight is 513 g/mol. The van der Waals surface area contributed by atoms with Gasteiger partial charge in [-0.2, -0.15) is 0 Å². The van der Waals surface area contributed by atoms with Crippen LogP contribution < -0.4 is 4.74 Å². The van der Waals surface area contributed by atoms with Gasteiger partial charge in [0.2, 0.25) is 0 Å². The molecule has 1 saturated carbocycles. The minimum absolute atomic E-state index is 0.0325. The zero-order valence-electron chi connectivity index (χ0n) is 28.4. The van der Waals surface area contributed by atoms with Crippen LogP contribution in [0.4, 0.5) is 4.79 Å². The lowest BCUT2D eigenvalue weighted by Gasteiger charge is -2.29. The third-order valence-electron chi connectivity index (χ3n) is 5.38. The summed E-state index contributed by atoms with van der Waals surface area (Å²) in [5.74, 6) is 6.44. The number of thioether (sulfide) groups is 1. The number of amides is 1. The second-order valence-electron chi connectivity index (χ2n) is 7.84. The van der Waals surface area contributed by atoms with Gasteiger partial charge < -0.3 is 14.4 Å². The summed E-state index contributed by atoms with van der Waals surface area (Å²) in [7, 11) is 0. The van der Waals surface area contributed by atoms with E-state index in [1.54, 1.807) is 35.2 Å². The monoisotopic (exact) mass is 512 g/mol. The van der Waals surface area contributed by atoms with Crippen molar-refractivity contribution >= 4 is 17.9 Å². The normalized spacial score (nSPS) is 25.4. The van der Waals surface area contributed by atoms with E-state index in [1.807, 2.05) is 6.92 Å². The van der Waals surface area contributed by atoms with Crippen molar-refractivity contribution in [1.82, 2.24) is 24.6 Å². The molecule has 0 spiro atoms. The van der Waals surface area contributed by atoms with Crippen LogP contribution in [0.2, 0.25) is 0 Å². The lowest BCUT2D eigenvalue weighted by atomic mass is 10.1. The molecule has 1 aromatic carbocycles. The van der Waals surface area contributed by atoms with Gasteiger partial charge in [-0.25, -0.2) is 4.79 Å². The van der Waals surface area contributed by atoms with E-state index < -0.39 is 30.7 Å². The first-order valence-corrected chi connectivity index (χ1v) is 12.0. The largest absolute Gasteiger partial charge is 0.486 e. The molecule has 36 heavy (non-hydrogen) atoms. The Bertz CT molecular complexity index is 1630. The van der Waals surface area contributed by atoms with E-state index in [9.17, 15) is 4.79 Å². The number of hydrogen-bond acceptors (Lipinski definition) is 7. The van der Waals surface area contributed by atoms with Crippen molar-refractivity contribution in [2.75, 3.05) is 19.7 Å². The quantitative estimate of drug-likeness (QED) is 0.422. The fourth-order valence-corrected chi connectivity index (χ4v) is 4.16. The molecule has 0 bridgehead atoms. The number of pyridine rings is 1. The van der Waals surface area contributed by atoms with Gasteiger partial charge in [-0.3, -0.25) is 9.55 Å². The number of nitrogens with zero attached hydrogens (tertiary/aromatic N) is 5. The molecule has 2 fully saturated rings. The zero-order chi connectivity index (χ0) is 32.8. The van der Waals surface area contributed by atoms with Crippen LogP contribution in [0.1, 0.15) is 61.2 Å². The predicted molar refractivity (Wildman–Crippen MR) is 137 cm³/mol. The van der Waals surface area contributed by atoms with Gasteiger partial charge in [0.15, 0.2) is 17.6 Å². The number of aryl methyl sites for hydroxylation is 1. The lowest BCUT2D eigenvalue weighted by molar-refractivity contribution is 0.0907. The molecule has 1 saturated heterocycles. The highest BCUT2D eigenvalue weighted by Crippen LogP contribution is 2.35. The zero-order valence-corrected chi connectivity index (χ0v) is 20.3. The van der Waals surface area contributed by atoms with Gasteiger partial charge in [-0.1, -0.05) is 36.3 Å². The van der Waals surface area contributed by atoms with Crippen molar-refractivity contribution in [2.45, 2.75) is 55.8 Å². The molecule has 1 aliphatic carbocycles. The Morgan fingerprint density at radius 1 is 1.28 bits per heavy atom. The van der Waals surface area contributed by atoms with E-state index in [2.05, 4.69) is 27.0 Å². The molecule has 0 radical (unpaired) electrons. The number of rotatable bonds is 7. The molecule has 3 heterocycles. The molecule has 8 nitrogen and oxygen atoms in total. The van der Waals surface area contributed by atoms with Gasteiger partial charge in [-0.05, 0) is 62.0 Å². The van der Waals surface area contributed by atoms with Crippen LogP contribution in [0.15, 0.2) is 47.9 Å². The van der Waals surface area contributed by atoms with Crippen LogP contribution in [-0.2, 0) is 11.3 Å². The molecule has 186 valence electrons. The molecule has 1 amide bonds. The third-order valence-corrected chi connectivity index (χ3v) is 6.24. The number of hydrogen-bond donors (Lipinski definition) is 0. The molecule has 0 atom stereocenters. The molecule has 0 unspecified atom stereocenters. The number of aromatic nitrogens is 4. The Hall–Kier alpha value is -3.51. The first-order chi connectivity index (χ1) is 21.0. The first-order valence-electron chi connectivity index (χ1n) is 15.7. The predicted octanol–water partition coefficient (Wildman–Crippen LogP) is 4.78. The molecular formula is C27H29N5O3S. The highest BCUT2D eigenvalue weighted by Gasteiger charge is 2.22. The summed E-state index contributed by atoms with van der Waals surface area (Å²) in [6.07, 6.45) is -9.67. The number of likely N-dealkylation sites (tertiary alicyclic amines) is 1. The molecule has 2 aliphatic rings. The Labute approximate surface area is 228 Å². The van der Waals surface area contributed by atoms with Crippen molar-refractivity contribution in [3.8, 4) is 23.3 Å². The first kappa shape index (κ1) is 15.6. The van der Waals surface area contributed by atoms with Crippen LogP contribution in [0.5, 0.6) is 5.75 Å². The highest BCUT2D eigenvalue weighted by atomic mass is 32.2. The lowest BCUT2D eigenvalue weighted by Crippen LogP contribution is -2.42. The standard InChI is InChI=1S/C27H29N5O3S/c1-20-17-23(12-11-21(20)7-5-16-34-27(33)31-14-6-15-31)35-19-25-29-30-26(36-24-9-2-3-10-24)32(25)22-8-4-13-28-18-22/h4,8,11-13,17-18,24H,2-3,6,9-10,14-16,19H2,1H3/i2D2,3D2,9D2,10D2,24D. The number of carbonyl (C=O) groups excluding carboxylic acids is 1. The van der Waals surface area contributed by atoms with E-state index in [4.69, 9.17) is 21.8 Å². The number of carbonyl (C=O) groups is 1. The topological polar surface area (TPSA) is 82.4 Å². The van der Waals surface area contributed by atoms with Gasteiger partial charge in [0.1, 0.15) is 12.4 Å². The maximum atomic E-state index is 11.8. The van der Waals surface area contributed by atoms with Crippen LogP contribution in [0.25, 0.3) is 5.69 Å². The molecule has 9 heteroatoms. The maximum absolute atomic E-state index is 11.8. The van der Waals surface area contributed by atoms with Crippen LogP contribution in [0, 0.1) is 18.8 Å². The highest BCUT2D eigenvalue weighted by molar-refractivity contribution is 7.99. The molecular weight excluding hydrogens is 474 g/mol. The van der Waals surface area contributed by atoms with E-state index >= 15 is 0 Å². The van der Waals surface area contributed by atoms with Crippen molar-refractivity contribution in [3.05, 3.63) is 59.7 Å². The van der Waals surface area contributed by atoms with Crippen molar-refractivity contribution < 1.29 is 26.6 Å². The summed E-state index contributed by atoms with van der Waals surface area (Å²) in [6.45, 7) is 3.04. The van der Waals surface area contributed by atoms with E-state index in [0.717, 1.165) is 12.0 Å². The van der Waals surface area contributed by atoms with Gasteiger partial charge in [0, 0.05) is 42.4 Å². The molecule has 0 N–H and O–H groups in total. The van der Waals surface area contributed by atoms with E-state index in [1.165, 1.54) is 17.0 Å². The van der Waals surface area contributed by atoms with Gasteiger partial charge >= 0.3 is 6.09 Å². The van der Waals surface area contributed by atoms with Gasteiger partial charge in [-0.15, -0.1) is 10.2 Å². The smallest absolute Gasteiger partial charge is 0.410 e. The minimum Gasteiger partial charge on any atom is -0.486 e. The van der Waals surface area contributed by atoms with E-state index in [-0.39, 0.29) is 42.0 Å². The summed E-state index contributed by atoms with van der Waals surface area (Å²) >= 11 is 0.251. The van der Waals surface area contributed by atoms with Crippen LogP contribution in [-0.4, -0.2) is 55.7 Å². The van der Waals surface area contributed by atoms with Crippen LogP contribution >= 0.6 is 11.8 Å². The Morgan fingerprint density at radius 2 is 2.14 bits per heavy atom. The van der Waals surface area contributed by atoms with Crippen molar-refractivity contribution in [1.29, 1.82) is 0 Å². The summed E-state index contributed by atoms with van der Waals surface area (Å²) < 4.78 is 87.4. The fourth-order valence-electron chi connectivity index (χ4n) is 3.39. The second-order valence-corrected chi connectivity index (χ2v) is 8.82. The molecule has 1 aliphatic heterocycles. The van der Waals surface area contributed by atoms with Gasteiger partial charge in [0.25, 0.3) is 0 Å². The Morgan fingerprint density at radius 3 is 2.86 bits per heavy atom. The summed E-state index contributed by atoms with van der Waals surface area (Å²) in [5.41, 5.74) is 1.89. The average Bonchev–Trinajstić information content (AvgIpc) is 3.37. The molecule has 2 aromatic heterocycles. The number of ether oxygens (including phenoxy) is 2. The van der Waals surface area contributed by atoms with Crippen molar-refractivity contribution in [2.24, 2.45) is 0 Å². The third kappa shape index (κ3) is 5.82. The SMILES string of the molecule is [2H]C1([2H])C([2H])([2H])C([2H])([2H])C([2H])(Sc2nnc(COc3ccc(C#CCOC(=O)N4CCC4)c(C)c3)n2-c2cccnc2)C1([2H])[2H]. The maximum Gasteiger partial charge on any atom is 0.410 e.